The molecule has 0 radical (unpaired) electrons. The predicted molar refractivity (Wildman–Crippen MR) is 105 cm³/mol. The molecule has 1 heterocycles. The van der Waals surface area contributed by atoms with Gasteiger partial charge in [-0.15, -0.1) is 0 Å². The Kier molecular flexibility index (Phi) is 8.12. The normalized spacial score (nSPS) is 11.1. The van der Waals surface area contributed by atoms with Gasteiger partial charge >= 0.3 is 0 Å². The van der Waals surface area contributed by atoms with Gasteiger partial charge in [0.15, 0.2) is 5.96 Å². The predicted octanol–water partition coefficient (Wildman–Crippen LogP) is 1.78. The van der Waals surface area contributed by atoms with Crippen LogP contribution in [0.3, 0.4) is 0 Å². The summed E-state index contributed by atoms with van der Waals surface area (Å²) in [6.45, 7) is 4.30. The number of nitrogens with zero attached hydrogens (tertiary/aromatic N) is 2. The van der Waals surface area contributed by atoms with E-state index in [-0.39, 0.29) is 5.91 Å². The van der Waals surface area contributed by atoms with Gasteiger partial charge in [-0.1, -0.05) is 18.2 Å². The lowest BCUT2D eigenvalue weighted by molar-refractivity contribution is 0.0963. The van der Waals surface area contributed by atoms with Crippen LogP contribution in [0.1, 0.15) is 28.4 Å². The average Bonchev–Trinajstić information content (AvgIpc) is 2.68. The number of pyridine rings is 1. The van der Waals surface area contributed by atoms with Crippen molar-refractivity contribution in [3.05, 3.63) is 65.5 Å². The molecule has 138 valence electrons. The van der Waals surface area contributed by atoms with Gasteiger partial charge in [-0.25, -0.2) is 0 Å². The van der Waals surface area contributed by atoms with Gasteiger partial charge in [-0.05, 0) is 49.1 Å². The van der Waals surface area contributed by atoms with E-state index in [0.29, 0.717) is 12.1 Å². The zero-order chi connectivity index (χ0) is 18.6. The Morgan fingerprint density at radius 2 is 1.96 bits per heavy atom. The fraction of sp³-hybridized carbons (Fsp3) is 0.350. The molecular formula is C20H27N5O. The maximum Gasteiger partial charge on any atom is 0.251 e. The van der Waals surface area contributed by atoms with Crippen molar-refractivity contribution in [3.63, 3.8) is 0 Å². The minimum atomic E-state index is -0.0687. The van der Waals surface area contributed by atoms with Crippen molar-refractivity contribution in [2.75, 3.05) is 26.7 Å². The summed E-state index contributed by atoms with van der Waals surface area (Å²) < 4.78 is 0. The first-order chi connectivity index (χ1) is 12.7. The molecule has 6 heteroatoms. The number of benzene rings is 1. The van der Waals surface area contributed by atoms with Crippen LogP contribution in [0.15, 0.2) is 53.8 Å². The standard InChI is InChI=1S/C20H27N5O/c1-3-23-20(25-13-10-17-7-5-11-22-15-17)24-12-9-16-6-4-8-18(14-16)19(26)21-2/h4-8,11,14-15H,3,9-10,12-13H2,1-2H3,(H,21,26)(H2,23,24,25). The van der Waals surface area contributed by atoms with Crippen LogP contribution in [0.25, 0.3) is 0 Å². The number of nitrogens with one attached hydrogen (secondary N) is 3. The fourth-order valence-corrected chi connectivity index (χ4v) is 2.52. The summed E-state index contributed by atoms with van der Waals surface area (Å²) in [5, 5.41) is 9.24. The van der Waals surface area contributed by atoms with Gasteiger partial charge in [0.05, 0.1) is 0 Å². The molecule has 1 aromatic heterocycles. The van der Waals surface area contributed by atoms with Crippen LogP contribution < -0.4 is 16.0 Å². The molecule has 0 aliphatic heterocycles. The first kappa shape index (κ1) is 19.4. The minimum absolute atomic E-state index is 0.0687. The highest BCUT2D eigenvalue weighted by Gasteiger charge is 2.03. The van der Waals surface area contributed by atoms with Gasteiger partial charge in [-0.3, -0.25) is 14.8 Å². The first-order valence-electron chi connectivity index (χ1n) is 8.95. The number of carbonyl (C=O) groups is 1. The smallest absolute Gasteiger partial charge is 0.251 e. The van der Waals surface area contributed by atoms with Gasteiger partial charge < -0.3 is 16.0 Å². The van der Waals surface area contributed by atoms with E-state index >= 15 is 0 Å². The van der Waals surface area contributed by atoms with Crippen molar-refractivity contribution < 1.29 is 4.79 Å². The second-order valence-electron chi connectivity index (χ2n) is 5.83. The molecule has 0 aliphatic rings. The van der Waals surface area contributed by atoms with Crippen LogP contribution >= 0.6 is 0 Å². The van der Waals surface area contributed by atoms with E-state index in [1.54, 1.807) is 13.2 Å². The maximum absolute atomic E-state index is 11.7. The number of carbonyl (C=O) groups excluding carboxylic acids is 1. The van der Waals surface area contributed by atoms with E-state index in [4.69, 9.17) is 0 Å². The van der Waals surface area contributed by atoms with Crippen molar-refractivity contribution in [2.24, 2.45) is 4.99 Å². The highest BCUT2D eigenvalue weighted by molar-refractivity contribution is 5.94. The monoisotopic (exact) mass is 353 g/mol. The van der Waals surface area contributed by atoms with Crippen LogP contribution in [0.4, 0.5) is 0 Å². The number of aliphatic imine (C=N–C) groups is 1. The van der Waals surface area contributed by atoms with Gasteiger partial charge in [0.1, 0.15) is 0 Å². The Morgan fingerprint density at radius 1 is 1.12 bits per heavy atom. The summed E-state index contributed by atoms with van der Waals surface area (Å²) in [4.78, 5) is 20.4. The number of hydrogen-bond donors (Lipinski definition) is 3. The van der Waals surface area contributed by atoms with Crippen LogP contribution in [0, 0.1) is 0 Å². The molecule has 0 atom stereocenters. The van der Waals surface area contributed by atoms with Crippen LogP contribution in [0.5, 0.6) is 0 Å². The Labute approximate surface area is 155 Å². The van der Waals surface area contributed by atoms with E-state index in [2.05, 4.69) is 32.0 Å². The van der Waals surface area contributed by atoms with Crippen LogP contribution in [0.2, 0.25) is 0 Å². The number of amides is 1. The Hall–Kier alpha value is -2.89. The molecule has 0 bridgehead atoms. The van der Waals surface area contributed by atoms with E-state index in [1.807, 2.05) is 43.5 Å². The molecule has 0 aliphatic carbocycles. The van der Waals surface area contributed by atoms with Crippen molar-refractivity contribution in [2.45, 2.75) is 19.8 Å². The molecule has 0 saturated heterocycles. The van der Waals surface area contributed by atoms with Crippen molar-refractivity contribution >= 4 is 11.9 Å². The minimum Gasteiger partial charge on any atom is -0.357 e. The Morgan fingerprint density at radius 3 is 2.69 bits per heavy atom. The maximum atomic E-state index is 11.7. The summed E-state index contributed by atoms with van der Waals surface area (Å²) in [6, 6.07) is 11.7. The van der Waals surface area contributed by atoms with Crippen LogP contribution in [-0.4, -0.2) is 43.5 Å². The second kappa shape index (κ2) is 10.9. The molecular weight excluding hydrogens is 326 g/mol. The molecule has 1 amide bonds. The highest BCUT2D eigenvalue weighted by atomic mass is 16.1. The third-order valence-electron chi connectivity index (χ3n) is 3.86. The van der Waals surface area contributed by atoms with E-state index in [9.17, 15) is 4.79 Å². The lowest BCUT2D eigenvalue weighted by Crippen LogP contribution is -2.38. The fourth-order valence-electron chi connectivity index (χ4n) is 2.52. The summed E-state index contributed by atoms with van der Waals surface area (Å²) >= 11 is 0. The average molecular weight is 353 g/mol. The molecule has 1 aromatic carbocycles. The number of aromatic nitrogens is 1. The van der Waals surface area contributed by atoms with Gasteiger partial charge in [0.2, 0.25) is 0 Å². The molecule has 0 fully saturated rings. The SMILES string of the molecule is CCNC(=NCCc1cccc(C(=O)NC)c1)NCCc1cccnc1. The largest absolute Gasteiger partial charge is 0.357 e. The molecule has 0 spiro atoms. The molecule has 0 saturated carbocycles. The van der Waals surface area contributed by atoms with Crippen molar-refractivity contribution in [3.8, 4) is 0 Å². The Bertz CT molecular complexity index is 715. The molecule has 6 nitrogen and oxygen atoms in total. The Balaban J connectivity index is 1.85. The van der Waals surface area contributed by atoms with Crippen LogP contribution in [-0.2, 0) is 12.8 Å². The van der Waals surface area contributed by atoms with Gasteiger partial charge in [-0.2, -0.15) is 0 Å². The summed E-state index contributed by atoms with van der Waals surface area (Å²) in [7, 11) is 1.64. The zero-order valence-corrected chi connectivity index (χ0v) is 15.5. The van der Waals surface area contributed by atoms with Gasteiger partial charge in [0.25, 0.3) is 5.91 Å². The number of hydrogen-bond acceptors (Lipinski definition) is 3. The highest BCUT2D eigenvalue weighted by Crippen LogP contribution is 2.06. The first-order valence-corrected chi connectivity index (χ1v) is 8.95. The third-order valence-corrected chi connectivity index (χ3v) is 3.86. The lowest BCUT2D eigenvalue weighted by Gasteiger charge is -2.11. The lowest BCUT2D eigenvalue weighted by atomic mass is 10.1. The van der Waals surface area contributed by atoms with E-state index < -0.39 is 0 Å². The van der Waals surface area contributed by atoms with Crippen molar-refractivity contribution in [1.29, 1.82) is 0 Å². The molecule has 3 N–H and O–H groups in total. The summed E-state index contributed by atoms with van der Waals surface area (Å²) in [5.41, 5.74) is 2.97. The zero-order valence-electron chi connectivity index (χ0n) is 15.5. The quantitative estimate of drug-likeness (QED) is 0.499. The van der Waals surface area contributed by atoms with E-state index in [1.165, 1.54) is 5.56 Å². The van der Waals surface area contributed by atoms with Crippen molar-refractivity contribution in [1.82, 2.24) is 20.9 Å². The molecule has 2 rings (SSSR count). The molecule has 0 unspecified atom stereocenters. The van der Waals surface area contributed by atoms with Gasteiger partial charge in [0, 0.05) is 44.6 Å². The second-order valence-corrected chi connectivity index (χ2v) is 5.83. The topological polar surface area (TPSA) is 78.4 Å². The molecule has 2 aromatic rings. The number of guanidine groups is 1. The summed E-state index contributed by atoms with van der Waals surface area (Å²) in [6.07, 6.45) is 5.34. The van der Waals surface area contributed by atoms with E-state index in [0.717, 1.165) is 37.5 Å². The third kappa shape index (κ3) is 6.55. The molecule has 26 heavy (non-hydrogen) atoms. The number of rotatable bonds is 8. The summed E-state index contributed by atoms with van der Waals surface area (Å²) in [5.74, 6) is 0.736.